The van der Waals surface area contributed by atoms with Gasteiger partial charge in [-0.3, -0.25) is 52.0 Å². The molecule has 0 aromatic rings. The minimum Gasteiger partial charge on any atom is -0.463 e. The highest BCUT2D eigenvalue weighted by Gasteiger charge is 2.84. The summed E-state index contributed by atoms with van der Waals surface area (Å²) < 4.78 is 207. The van der Waals surface area contributed by atoms with Gasteiger partial charge in [0.2, 0.25) is 5.60 Å². The van der Waals surface area contributed by atoms with Crippen molar-refractivity contribution in [3.63, 3.8) is 0 Å². The Morgan fingerprint density at radius 1 is 0.292 bits per heavy atom. The number of esters is 8. The number of rotatable bonds is 25. The molecule has 36 heteroatoms. The van der Waals surface area contributed by atoms with Crippen LogP contribution in [0, 0.1) is 10.8 Å². The van der Waals surface area contributed by atoms with Crippen LogP contribution in [-0.4, -0.2) is 206 Å². The highest BCUT2D eigenvalue weighted by Crippen LogP contribution is 2.65. The topological polar surface area (TPSA) is 447 Å². The molecule has 0 aliphatic carbocycles. The summed E-state index contributed by atoms with van der Waals surface area (Å²) in [6.45, 7) is 17.1. The normalized spacial score (nSPS) is 39.9. The standard InChI is InChI=1S/C53H86O33S3/c1-31(54)73-28-41(11)39(9,24-71-27-44(14)49(19,77-35(5)58)51(21,86-89(68,69)70)50(20,78-36(6)59)45(15,82-44)30-75-33(3)56)46(16,84-87(62,63)64)48(18,76-34(4)57)43(13,81-41)26-72-25-40(10)42(12,29-74-32(2)55)83-53(23,80-38(8)61)52(22,79-37(7)60)47(40,17)85-88(65,66)67/h24-30H2,1-23H3,(H,62,63,64)(H,65,66,67)(H,68,69,70). The van der Waals surface area contributed by atoms with Crippen molar-refractivity contribution in [1.82, 2.24) is 0 Å². The average Bonchev–Trinajstić information content (AvgIpc) is 0.692. The molecule has 0 aromatic carbocycles. The van der Waals surface area contributed by atoms with E-state index in [1.165, 1.54) is 41.5 Å². The van der Waals surface area contributed by atoms with Gasteiger partial charge in [-0.2, -0.15) is 25.3 Å². The number of ether oxygens (including phenoxy) is 13. The van der Waals surface area contributed by atoms with Crippen molar-refractivity contribution in [2.45, 2.75) is 232 Å². The Bertz CT molecular complexity index is 3160. The summed E-state index contributed by atoms with van der Waals surface area (Å²) in [5, 5.41) is 0. The van der Waals surface area contributed by atoms with E-state index in [-0.39, 0.29) is 0 Å². The lowest BCUT2D eigenvalue weighted by atomic mass is 9.52. The predicted molar refractivity (Wildman–Crippen MR) is 297 cm³/mol. The lowest BCUT2D eigenvalue weighted by molar-refractivity contribution is -0.439. The Kier molecular flexibility index (Phi) is 21.9. The van der Waals surface area contributed by atoms with Gasteiger partial charge in [0.15, 0.2) is 22.4 Å². The number of carbonyl (C=O) groups is 8. The van der Waals surface area contributed by atoms with Crippen molar-refractivity contribution < 1.29 is 151 Å². The van der Waals surface area contributed by atoms with Crippen LogP contribution < -0.4 is 0 Å². The maximum atomic E-state index is 13.7. The maximum Gasteiger partial charge on any atom is 0.398 e. The van der Waals surface area contributed by atoms with E-state index in [4.69, 9.17) is 74.1 Å². The molecule has 514 valence electrons. The monoisotopic (exact) mass is 1350 g/mol. The number of carbonyl (C=O) groups excluding carboxylic acids is 8. The fraction of sp³-hybridized carbons (Fsp3) is 0.849. The lowest BCUT2D eigenvalue weighted by Gasteiger charge is -2.69. The van der Waals surface area contributed by atoms with Crippen LogP contribution in [0.4, 0.5) is 0 Å². The lowest BCUT2D eigenvalue weighted by Crippen LogP contribution is -2.87. The zero-order valence-electron chi connectivity index (χ0n) is 54.3. The fourth-order valence-electron chi connectivity index (χ4n) is 13.1. The minimum atomic E-state index is -5.86. The Balaban J connectivity index is 2.56. The highest BCUT2D eigenvalue weighted by atomic mass is 32.3. The molecule has 0 amide bonds. The fourth-order valence-corrected chi connectivity index (χ4v) is 15.3. The summed E-state index contributed by atoms with van der Waals surface area (Å²) in [5.74, 6) is -11.3. The van der Waals surface area contributed by atoms with Crippen molar-refractivity contribution in [2.75, 3.05) is 46.2 Å². The molecule has 0 saturated carbocycles. The molecule has 3 N–H and O–H groups in total. The van der Waals surface area contributed by atoms with Gasteiger partial charge in [0.1, 0.15) is 59.0 Å². The Hall–Kier alpha value is -4.83. The summed E-state index contributed by atoms with van der Waals surface area (Å²) in [6, 6.07) is 0. The third-order valence-corrected chi connectivity index (χ3v) is 20.7. The molecule has 0 radical (unpaired) electrons. The van der Waals surface area contributed by atoms with Gasteiger partial charge in [0, 0.05) is 62.3 Å². The van der Waals surface area contributed by atoms with E-state index in [1.807, 2.05) is 0 Å². The van der Waals surface area contributed by atoms with Crippen LogP contribution >= 0.6 is 0 Å². The summed E-state index contributed by atoms with van der Waals surface area (Å²) in [6.07, 6.45) is 0. The smallest absolute Gasteiger partial charge is 0.398 e. The van der Waals surface area contributed by atoms with Crippen LogP contribution in [0.25, 0.3) is 0 Å². The van der Waals surface area contributed by atoms with Crippen LogP contribution in [0.1, 0.15) is 159 Å². The Morgan fingerprint density at radius 2 is 0.528 bits per heavy atom. The molecule has 3 aliphatic heterocycles. The van der Waals surface area contributed by atoms with E-state index in [0.29, 0.717) is 0 Å². The van der Waals surface area contributed by atoms with Gasteiger partial charge in [-0.25, -0.2) is 12.5 Å². The third kappa shape index (κ3) is 14.0. The van der Waals surface area contributed by atoms with Crippen LogP contribution in [0.3, 0.4) is 0 Å². The molecule has 0 bridgehead atoms. The molecule has 15 atom stereocenters. The van der Waals surface area contributed by atoms with E-state index >= 15 is 0 Å². The molecule has 15 unspecified atom stereocenters. The maximum absolute atomic E-state index is 13.7. The predicted octanol–water partition coefficient (Wildman–Crippen LogP) is 2.91. The van der Waals surface area contributed by atoms with Crippen molar-refractivity contribution in [3.05, 3.63) is 0 Å². The Labute approximate surface area is 517 Å². The van der Waals surface area contributed by atoms with Crippen LogP contribution in [0.5, 0.6) is 0 Å². The summed E-state index contributed by atoms with van der Waals surface area (Å²) in [7, 11) is -17.3. The van der Waals surface area contributed by atoms with Gasteiger partial charge in [-0.1, -0.05) is 13.8 Å². The number of hydrogen-bond donors (Lipinski definition) is 3. The summed E-state index contributed by atoms with van der Waals surface area (Å²) >= 11 is 0. The first-order chi connectivity index (χ1) is 39.5. The first-order valence-corrected chi connectivity index (χ1v) is 31.3. The van der Waals surface area contributed by atoms with Crippen molar-refractivity contribution >= 4 is 79.0 Å². The third-order valence-electron chi connectivity index (χ3n) is 19.0. The molecular formula is C53H86O33S3. The van der Waals surface area contributed by atoms with Gasteiger partial charge in [-0.05, 0) is 83.1 Å². The van der Waals surface area contributed by atoms with Gasteiger partial charge < -0.3 is 61.6 Å². The molecule has 33 nitrogen and oxygen atoms in total. The molecule has 0 spiro atoms. The second-order valence-electron chi connectivity index (χ2n) is 25.1. The van der Waals surface area contributed by atoms with Crippen molar-refractivity contribution in [2.24, 2.45) is 10.8 Å². The van der Waals surface area contributed by atoms with E-state index in [2.05, 4.69) is 0 Å². The molecule has 89 heavy (non-hydrogen) atoms. The first-order valence-electron chi connectivity index (χ1n) is 27.2. The molecule has 3 saturated heterocycles. The van der Waals surface area contributed by atoms with E-state index < -0.39 is 209 Å². The second-order valence-corrected chi connectivity index (χ2v) is 28.2. The van der Waals surface area contributed by atoms with E-state index in [1.54, 1.807) is 0 Å². The molecule has 3 fully saturated rings. The first kappa shape index (κ1) is 78.4. The van der Waals surface area contributed by atoms with Gasteiger partial charge >= 0.3 is 79.0 Å². The molecule has 3 heterocycles. The zero-order chi connectivity index (χ0) is 69.9. The summed E-state index contributed by atoms with van der Waals surface area (Å²) in [4.78, 5) is 104. The van der Waals surface area contributed by atoms with E-state index in [0.717, 1.165) is 118 Å². The Morgan fingerprint density at radius 3 is 0.820 bits per heavy atom. The zero-order valence-corrected chi connectivity index (χ0v) is 56.7. The van der Waals surface area contributed by atoms with Crippen LogP contribution in [0.15, 0.2) is 0 Å². The number of hydrogen-bond acceptors (Lipinski definition) is 30. The van der Waals surface area contributed by atoms with Gasteiger partial charge in [0.25, 0.3) is 5.79 Å². The second kappa shape index (κ2) is 24.9. The average molecular weight is 1350 g/mol. The van der Waals surface area contributed by atoms with Gasteiger partial charge in [-0.15, -0.1) is 0 Å². The summed E-state index contributed by atoms with van der Waals surface area (Å²) in [5.41, 5.74) is -35.9. The van der Waals surface area contributed by atoms with Crippen molar-refractivity contribution in [1.29, 1.82) is 0 Å². The van der Waals surface area contributed by atoms with Gasteiger partial charge in [0.05, 0.1) is 37.3 Å². The molecule has 0 aromatic heterocycles. The van der Waals surface area contributed by atoms with Crippen LogP contribution in [0.2, 0.25) is 0 Å². The largest absolute Gasteiger partial charge is 0.463 e. The van der Waals surface area contributed by atoms with Crippen LogP contribution in [-0.2, 0) is 144 Å². The molecular weight excluding hydrogens is 1260 g/mol. The van der Waals surface area contributed by atoms with Crippen molar-refractivity contribution in [3.8, 4) is 0 Å². The SMILES string of the molecule is CC(=O)OCC1(C)OC(C)(COCC2(C)C(C)(COC(C)=O)OC(C)(OC(C)=O)C(C)(OC(C)=O)C2(C)OS(=O)(=O)O)C(C)(OC(C)=O)C(C)(OS(=O)(=O)O)C1(C)COCC1(C)OC(C)(COC(C)=O)C(C)(OC(C)=O)C(C)(OS(=O)(=O)O)C1(C)OC(C)=O. The quantitative estimate of drug-likeness (QED) is 0.0672. The molecule has 3 aliphatic rings. The highest BCUT2D eigenvalue weighted by molar-refractivity contribution is 7.81. The minimum absolute atomic E-state index is 0.870. The molecule has 3 rings (SSSR count). The van der Waals surface area contributed by atoms with E-state index in [9.17, 15) is 77.3 Å².